The van der Waals surface area contributed by atoms with Gasteiger partial charge in [0.25, 0.3) is 0 Å². The molecule has 0 aliphatic heterocycles. The van der Waals surface area contributed by atoms with Crippen molar-refractivity contribution < 1.29 is 23.3 Å². The van der Waals surface area contributed by atoms with Crippen LogP contribution in [0, 0.1) is 27.0 Å². The van der Waals surface area contributed by atoms with Crippen molar-refractivity contribution in [1.82, 2.24) is 9.97 Å². The Morgan fingerprint density at radius 1 is 1.00 bits per heavy atom. The van der Waals surface area contributed by atoms with E-state index in [4.69, 9.17) is 0 Å². The second kappa shape index (κ2) is 20.7. The van der Waals surface area contributed by atoms with Gasteiger partial charge in [0.15, 0.2) is 0 Å². The summed E-state index contributed by atoms with van der Waals surface area (Å²) in [5, 5.41) is 0. The van der Waals surface area contributed by atoms with Gasteiger partial charge >= 0.3 is 30.2 Å². The summed E-state index contributed by atoms with van der Waals surface area (Å²) in [6.45, 7) is 1.95. The molecule has 122 valence electrons. The zero-order valence-corrected chi connectivity index (χ0v) is 18.5. The molecule has 0 saturated heterocycles. The van der Waals surface area contributed by atoms with Crippen LogP contribution >= 0.6 is 24.8 Å². The van der Waals surface area contributed by atoms with Crippen LogP contribution in [0.1, 0.15) is 18.4 Å². The summed E-state index contributed by atoms with van der Waals surface area (Å²) in [7, 11) is 0. The maximum atomic E-state index is 3.94. The van der Waals surface area contributed by atoms with Crippen LogP contribution in [-0.2, 0) is 23.3 Å². The van der Waals surface area contributed by atoms with E-state index in [1.54, 1.807) is 23.3 Å². The zero-order valence-electron chi connectivity index (χ0n) is 13.0. The molecule has 0 atom stereocenters. The van der Waals surface area contributed by atoms with E-state index in [0.717, 1.165) is 18.4 Å². The van der Waals surface area contributed by atoms with Crippen molar-refractivity contribution in [1.29, 1.82) is 0 Å². The molecule has 22 heavy (non-hydrogen) atoms. The Labute approximate surface area is 164 Å². The molecule has 0 aromatic carbocycles. The van der Waals surface area contributed by atoms with Crippen LogP contribution in [0.3, 0.4) is 0 Å². The van der Waals surface area contributed by atoms with Crippen molar-refractivity contribution in [2.75, 3.05) is 0 Å². The van der Waals surface area contributed by atoms with Crippen molar-refractivity contribution in [2.24, 2.45) is 0 Å². The van der Waals surface area contributed by atoms with Crippen molar-refractivity contribution in [2.45, 2.75) is 12.8 Å². The van der Waals surface area contributed by atoms with Gasteiger partial charge in [-0.25, -0.2) is 34.3 Å². The van der Waals surface area contributed by atoms with Gasteiger partial charge in [-0.2, -0.15) is 6.08 Å². The summed E-state index contributed by atoms with van der Waals surface area (Å²) in [5.41, 5.74) is 2.33. The van der Waals surface area contributed by atoms with Crippen LogP contribution in [0.25, 0.3) is 5.57 Å². The van der Waals surface area contributed by atoms with E-state index in [0.29, 0.717) is 0 Å². The molecule has 2 aliphatic carbocycles. The Morgan fingerprint density at radius 3 is 2.00 bits per heavy atom. The zero-order chi connectivity index (χ0) is 13.1. The molecular weight excluding hydrogens is 410 g/mol. The number of aromatic nitrogens is 2. The van der Waals surface area contributed by atoms with Gasteiger partial charge in [0, 0.05) is 12.4 Å². The van der Waals surface area contributed by atoms with Crippen molar-refractivity contribution in [3.8, 4) is 0 Å². The molecule has 0 saturated carbocycles. The second-order valence-corrected chi connectivity index (χ2v) is 3.37. The number of hydrogen-bond acceptors (Lipinski definition) is 2. The molecule has 1 aromatic rings. The Hall–Kier alpha value is -0.280. The summed E-state index contributed by atoms with van der Waals surface area (Å²) in [6.07, 6.45) is 23.1. The van der Waals surface area contributed by atoms with Crippen LogP contribution in [0.2, 0.25) is 0 Å². The fourth-order valence-electron chi connectivity index (χ4n) is 1.39. The van der Waals surface area contributed by atoms with Crippen molar-refractivity contribution in [3.05, 3.63) is 81.7 Å². The van der Waals surface area contributed by atoms with E-state index in [1.165, 1.54) is 11.9 Å². The molecule has 1 aromatic heterocycles. The molecule has 2 aliphatic rings. The normalized spacial score (nSPS) is 11.7. The summed E-state index contributed by atoms with van der Waals surface area (Å²) >= 11 is 1.58. The number of halogens is 2. The van der Waals surface area contributed by atoms with Gasteiger partial charge in [-0.15, -0.1) is 43.2 Å². The summed E-state index contributed by atoms with van der Waals surface area (Å²) < 4.78 is 0. The molecule has 0 amide bonds. The molecule has 0 radical (unpaired) electrons. The van der Waals surface area contributed by atoms with E-state index in [1.807, 2.05) is 43.6 Å². The van der Waals surface area contributed by atoms with Crippen molar-refractivity contribution >= 4 is 37.3 Å². The summed E-state index contributed by atoms with van der Waals surface area (Å²) in [5.74, 6) is 0. The Bertz CT molecular complexity index is 464. The van der Waals surface area contributed by atoms with Gasteiger partial charge in [-0.1, -0.05) is 0 Å². The average molecular weight is 433 g/mol. The topological polar surface area (TPSA) is 25.8 Å². The third-order valence-electron chi connectivity index (χ3n) is 2.21. The third kappa shape index (κ3) is 12.3. The predicted molar refractivity (Wildman–Crippen MR) is 99.9 cm³/mol. The molecular formula is C16H22Cl2N2SiZr-4. The molecule has 3 rings (SSSR count). The number of allylic oxidation sites excluding steroid dienone is 8. The van der Waals surface area contributed by atoms with Crippen LogP contribution in [0.5, 0.6) is 0 Å². The Kier molecular flexibility index (Phi) is 28.0. The molecule has 2 nitrogen and oxygen atoms in total. The fourth-order valence-corrected chi connectivity index (χ4v) is 1.39. The first-order valence-corrected chi connectivity index (χ1v) is 11.5. The van der Waals surface area contributed by atoms with Crippen LogP contribution in [-0.4, -0.2) is 16.8 Å². The minimum absolute atomic E-state index is 0. The fraction of sp³-hybridized carbons (Fsp3) is 0.125. The van der Waals surface area contributed by atoms with E-state index < -0.39 is 0 Å². The van der Waals surface area contributed by atoms with E-state index >= 15 is 0 Å². The molecule has 0 spiro atoms. The number of rotatable bonds is 1. The maximum absolute atomic E-state index is 3.94. The van der Waals surface area contributed by atoms with E-state index in [-0.39, 0.29) is 39.7 Å². The van der Waals surface area contributed by atoms with Gasteiger partial charge in [-0.05, 0) is 5.56 Å². The number of hydrogen-bond donors (Lipinski definition) is 0. The molecule has 0 unspecified atom stereocenters. The quantitative estimate of drug-likeness (QED) is 0.499. The third-order valence-corrected chi connectivity index (χ3v) is 2.21. The van der Waals surface area contributed by atoms with Crippen LogP contribution in [0.4, 0.5) is 0 Å². The second-order valence-electron chi connectivity index (χ2n) is 3.37. The average Bonchev–Trinajstić information content (AvgIpc) is 3.18. The molecule has 0 N–H and O–H groups in total. The van der Waals surface area contributed by atoms with Gasteiger partial charge in [0.1, 0.15) is 6.33 Å². The monoisotopic (exact) mass is 430 g/mol. The van der Waals surface area contributed by atoms with Gasteiger partial charge in [0.2, 0.25) is 0 Å². The molecule has 6 heteroatoms. The first kappa shape index (κ1) is 29.7. The first-order valence-electron chi connectivity index (χ1n) is 5.55. The van der Waals surface area contributed by atoms with Gasteiger partial charge in [-0.3, -0.25) is 12.2 Å². The van der Waals surface area contributed by atoms with Crippen LogP contribution in [0.15, 0.2) is 49.1 Å². The SMILES string of the molecule is Cl.Cl.[C-]1=CC=C(c2cncnc2)C1.[C-]1=CC=CC1.[CH3-].[CH3-].[SiH2]=[Zr]. The van der Waals surface area contributed by atoms with E-state index in [2.05, 4.69) is 28.2 Å². The summed E-state index contributed by atoms with van der Waals surface area (Å²) in [6, 6.07) is 0. The van der Waals surface area contributed by atoms with Crippen LogP contribution < -0.4 is 0 Å². The first-order chi connectivity index (χ1) is 8.97. The number of nitrogens with zero attached hydrogens (tertiary/aromatic N) is 2. The molecule has 0 fully saturated rings. The Morgan fingerprint density at radius 2 is 1.64 bits per heavy atom. The molecule has 1 heterocycles. The van der Waals surface area contributed by atoms with Gasteiger partial charge in [0.05, 0.1) is 0 Å². The molecule has 0 bridgehead atoms. The Balaban J connectivity index is -0.000000129. The van der Waals surface area contributed by atoms with E-state index in [9.17, 15) is 0 Å². The minimum atomic E-state index is 0. The van der Waals surface area contributed by atoms with Crippen molar-refractivity contribution in [3.63, 3.8) is 0 Å². The summed E-state index contributed by atoms with van der Waals surface area (Å²) in [4.78, 5) is 7.87. The standard InChI is InChI=1S/C9H7N2.C5H5.2CH3.2ClH.H2Si.Zr/c1-2-4-8(3-1)9-5-10-7-11-6-9;1-2-4-5-3-1;;;;;;/h1,3,5-7H,4H2;1-3H,4H2;2*1H3;2*1H;1H2;/q4*-1;;;;. The van der Waals surface area contributed by atoms with Gasteiger partial charge < -0.3 is 14.9 Å². The predicted octanol–water partition coefficient (Wildman–Crippen LogP) is 3.75.